The van der Waals surface area contributed by atoms with E-state index in [-0.39, 0.29) is 12.5 Å². The number of rotatable bonds is 4. The summed E-state index contributed by atoms with van der Waals surface area (Å²) < 4.78 is 0. The Hall–Kier alpha value is -2.04. The second-order valence-corrected chi connectivity index (χ2v) is 5.29. The molecule has 0 spiro atoms. The number of hydrogen-bond donors (Lipinski definition) is 3. The molecular weight excluding hydrogens is 288 g/mol. The summed E-state index contributed by atoms with van der Waals surface area (Å²) in [6.45, 7) is 1.95. The molecule has 4 nitrogen and oxygen atoms in total. The van der Waals surface area contributed by atoms with Crippen LogP contribution in [0.15, 0.2) is 42.5 Å². The van der Waals surface area contributed by atoms with E-state index in [1.165, 1.54) is 0 Å². The SMILES string of the molecule is Cc1cc(Cl)ccc1C(=O)NCC(O)c1ccc(N)cc1. The molecule has 2 aromatic rings. The molecule has 0 aliphatic heterocycles. The van der Waals surface area contributed by atoms with Crippen molar-refractivity contribution in [3.8, 4) is 0 Å². The van der Waals surface area contributed by atoms with Crippen molar-refractivity contribution in [1.29, 1.82) is 0 Å². The number of benzene rings is 2. The molecule has 0 aromatic heterocycles. The summed E-state index contributed by atoms with van der Waals surface area (Å²) >= 11 is 5.86. The largest absolute Gasteiger partial charge is 0.399 e. The summed E-state index contributed by atoms with van der Waals surface area (Å²) in [5, 5.41) is 13.3. The Balaban J connectivity index is 1.99. The van der Waals surface area contributed by atoms with Crippen LogP contribution in [0.25, 0.3) is 0 Å². The van der Waals surface area contributed by atoms with Gasteiger partial charge in [0.05, 0.1) is 6.10 Å². The van der Waals surface area contributed by atoms with Gasteiger partial charge in [-0.25, -0.2) is 0 Å². The minimum Gasteiger partial charge on any atom is -0.399 e. The molecule has 0 saturated heterocycles. The quantitative estimate of drug-likeness (QED) is 0.760. The van der Waals surface area contributed by atoms with Gasteiger partial charge in [0.15, 0.2) is 0 Å². The van der Waals surface area contributed by atoms with Crippen LogP contribution in [0.3, 0.4) is 0 Å². The lowest BCUT2D eigenvalue weighted by Gasteiger charge is -2.13. The molecule has 2 rings (SSSR count). The van der Waals surface area contributed by atoms with E-state index in [4.69, 9.17) is 17.3 Å². The molecule has 1 unspecified atom stereocenters. The van der Waals surface area contributed by atoms with Gasteiger partial charge in [0.1, 0.15) is 0 Å². The number of anilines is 1. The molecule has 0 radical (unpaired) electrons. The van der Waals surface area contributed by atoms with Gasteiger partial charge in [0.2, 0.25) is 0 Å². The molecule has 1 atom stereocenters. The van der Waals surface area contributed by atoms with Crippen LogP contribution in [0, 0.1) is 6.92 Å². The highest BCUT2D eigenvalue weighted by atomic mass is 35.5. The van der Waals surface area contributed by atoms with Gasteiger partial charge in [0.25, 0.3) is 5.91 Å². The fraction of sp³-hybridized carbons (Fsp3) is 0.188. The highest BCUT2D eigenvalue weighted by molar-refractivity contribution is 6.30. The van der Waals surface area contributed by atoms with Gasteiger partial charge in [0, 0.05) is 22.8 Å². The maximum absolute atomic E-state index is 12.1. The van der Waals surface area contributed by atoms with Crippen LogP contribution in [-0.4, -0.2) is 17.6 Å². The van der Waals surface area contributed by atoms with E-state index in [0.29, 0.717) is 21.8 Å². The van der Waals surface area contributed by atoms with E-state index in [9.17, 15) is 9.90 Å². The predicted molar refractivity (Wildman–Crippen MR) is 84.3 cm³/mol. The lowest BCUT2D eigenvalue weighted by molar-refractivity contribution is 0.0915. The summed E-state index contributed by atoms with van der Waals surface area (Å²) in [7, 11) is 0. The van der Waals surface area contributed by atoms with Crippen LogP contribution in [0.5, 0.6) is 0 Å². The van der Waals surface area contributed by atoms with Crippen LogP contribution in [0.2, 0.25) is 5.02 Å². The van der Waals surface area contributed by atoms with Gasteiger partial charge >= 0.3 is 0 Å². The van der Waals surface area contributed by atoms with Crippen LogP contribution in [-0.2, 0) is 0 Å². The average Bonchev–Trinajstić information content (AvgIpc) is 2.45. The van der Waals surface area contributed by atoms with Gasteiger partial charge in [-0.2, -0.15) is 0 Å². The molecule has 21 heavy (non-hydrogen) atoms. The normalized spacial score (nSPS) is 12.0. The number of carbonyl (C=O) groups excluding carboxylic acids is 1. The average molecular weight is 305 g/mol. The molecule has 0 fully saturated rings. The van der Waals surface area contributed by atoms with Crippen molar-refractivity contribution in [2.24, 2.45) is 0 Å². The molecule has 0 bridgehead atoms. The minimum atomic E-state index is -0.776. The van der Waals surface area contributed by atoms with E-state index >= 15 is 0 Å². The van der Waals surface area contributed by atoms with Crippen molar-refractivity contribution in [1.82, 2.24) is 5.32 Å². The fourth-order valence-electron chi connectivity index (χ4n) is 2.00. The fourth-order valence-corrected chi connectivity index (χ4v) is 2.23. The Morgan fingerprint density at radius 1 is 1.29 bits per heavy atom. The number of hydrogen-bond acceptors (Lipinski definition) is 3. The van der Waals surface area contributed by atoms with E-state index < -0.39 is 6.10 Å². The Bertz CT molecular complexity index is 641. The Labute approximate surface area is 128 Å². The third kappa shape index (κ3) is 3.97. The summed E-state index contributed by atoms with van der Waals surface area (Å²) in [6, 6.07) is 12.0. The molecule has 5 heteroatoms. The number of nitrogens with one attached hydrogen (secondary N) is 1. The van der Waals surface area contributed by atoms with Crippen LogP contribution in [0.4, 0.5) is 5.69 Å². The number of aliphatic hydroxyl groups excluding tert-OH is 1. The summed E-state index contributed by atoms with van der Waals surface area (Å²) in [4.78, 5) is 12.1. The first-order valence-electron chi connectivity index (χ1n) is 6.55. The maximum atomic E-state index is 12.1. The van der Waals surface area contributed by atoms with Gasteiger partial charge < -0.3 is 16.2 Å². The zero-order valence-electron chi connectivity index (χ0n) is 11.6. The molecule has 0 heterocycles. The van der Waals surface area contributed by atoms with Crippen molar-refractivity contribution >= 4 is 23.2 Å². The van der Waals surface area contributed by atoms with Crippen molar-refractivity contribution in [2.75, 3.05) is 12.3 Å². The molecule has 4 N–H and O–H groups in total. The topological polar surface area (TPSA) is 75.3 Å². The number of carbonyl (C=O) groups is 1. The Morgan fingerprint density at radius 2 is 1.95 bits per heavy atom. The van der Waals surface area contributed by atoms with Gasteiger partial charge in [-0.3, -0.25) is 4.79 Å². The predicted octanol–water partition coefficient (Wildman–Crippen LogP) is 2.69. The Morgan fingerprint density at radius 3 is 2.57 bits per heavy atom. The lowest BCUT2D eigenvalue weighted by atomic mass is 10.1. The summed E-state index contributed by atoms with van der Waals surface area (Å²) in [5.74, 6) is -0.237. The van der Waals surface area contributed by atoms with Crippen molar-refractivity contribution in [3.05, 3.63) is 64.2 Å². The van der Waals surface area contributed by atoms with Crippen LogP contribution in [0.1, 0.15) is 27.6 Å². The van der Waals surface area contributed by atoms with E-state index in [2.05, 4.69) is 5.32 Å². The number of nitrogens with two attached hydrogens (primary N) is 1. The van der Waals surface area contributed by atoms with Gasteiger partial charge in [-0.05, 0) is 48.4 Å². The summed E-state index contributed by atoms with van der Waals surface area (Å²) in [5.41, 5.74) is 8.27. The summed E-state index contributed by atoms with van der Waals surface area (Å²) in [6.07, 6.45) is -0.776. The van der Waals surface area contributed by atoms with Crippen LogP contribution < -0.4 is 11.1 Å². The molecule has 1 amide bonds. The second kappa shape index (κ2) is 6.61. The van der Waals surface area contributed by atoms with Gasteiger partial charge in [-0.1, -0.05) is 23.7 Å². The van der Waals surface area contributed by atoms with Crippen molar-refractivity contribution < 1.29 is 9.90 Å². The van der Waals surface area contributed by atoms with Crippen LogP contribution >= 0.6 is 11.6 Å². The number of nitrogen functional groups attached to an aromatic ring is 1. The standard InChI is InChI=1S/C16H17ClN2O2/c1-10-8-12(17)4-7-14(10)16(21)19-9-15(20)11-2-5-13(18)6-3-11/h2-8,15,20H,9,18H2,1H3,(H,19,21). The third-order valence-electron chi connectivity index (χ3n) is 3.21. The number of aryl methyl sites for hydroxylation is 1. The van der Waals surface area contributed by atoms with Crippen molar-refractivity contribution in [3.63, 3.8) is 0 Å². The molecule has 110 valence electrons. The van der Waals surface area contributed by atoms with E-state index in [1.807, 2.05) is 6.92 Å². The number of amides is 1. The highest BCUT2D eigenvalue weighted by Crippen LogP contribution is 2.16. The van der Waals surface area contributed by atoms with Crippen molar-refractivity contribution in [2.45, 2.75) is 13.0 Å². The number of aliphatic hydroxyl groups is 1. The molecular formula is C16H17ClN2O2. The maximum Gasteiger partial charge on any atom is 0.251 e. The first-order chi connectivity index (χ1) is 9.97. The van der Waals surface area contributed by atoms with E-state index in [1.54, 1.807) is 42.5 Å². The Kier molecular flexibility index (Phi) is 4.83. The van der Waals surface area contributed by atoms with Gasteiger partial charge in [-0.15, -0.1) is 0 Å². The highest BCUT2D eigenvalue weighted by Gasteiger charge is 2.12. The molecule has 2 aromatic carbocycles. The molecule has 0 aliphatic carbocycles. The van der Waals surface area contributed by atoms with E-state index in [0.717, 1.165) is 5.56 Å². The smallest absolute Gasteiger partial charge is 0.251 e. The zero-order chi connectivity index (χ0) is 15.4. The monoisotopic (exact) mass is 304 g/mol. The number of halogens is 1. The minimum absolute atomic E-state index is 0.130. The first-order valence-corrected chi connectivity index (χ1v) is 6.93. The molecule has 0 aliphatic rings. The second-order valence-electron chi connectivity index (χ2n) is 4.85. The molecule has 0 saturated carbocycles. The lowest BCUT2D eigenvalue weighted by Crippen LogP contribution is -2.28. The first kappa shape index (κ1) is 15.4. The third-order valence-corrected chi connectivity index (χ3v) is 3.45. The zero-order valence-corrected chi connectivity index (χ0v) is 12.4.